The molecule has 8 heteroatoms. The van der Waals surface area contributed by atoms with E-state index in [1.807, 2.05) is 32.3 Å². The molecule has 0 spiro atoms. The average Bonchev–Trinajstić information content (AvgIpc) is 3.12. The van der Waals surface area contributed by atoms with Gasteiger partial charge in [-0.1, -0.05) is 25.1 Å². The van der Waals surface area contributed by atoms with Crippen LogP contribution >= 0.6 is 0 Å². The molecule has 7 nitrogen and oxygen atoms in total. The second kappa shape index (κ2) is 8.48. The average molecular weight is 414 g/mol. The Balaban J connectivity index is 2.11. The first-order chi connectivity index (χ1) is 13.8. The van der Waals surface area contributed by atoms with Crippen molar-refractivity contribution in [3.05, 3.63) is 54.9 Å². The van der Waals surface area contributed by atoms with Crippen molar-refractivity contribution in [3.63, 3.8) is 0 Å². The minimum absolute atomic E-state index is 0.0640. The molecule has 0 fully saturated rings. The van der Waals surface area contributed by atoms with Crippen LogP contribution in [-0.2, 0) is 21.7 Å². The molecule has 1 N–H and O–H groups in total. The zero-order valence-electron chi connectivity index (χ0n) is 16.2. The van der Waals surface area contributed by atoms with Gasteiger partial charge >= 0.3 is 5.97 Å². The van der Waals surface area contributed by atoms with Crippen LogP contribution in [0.15, 0.2) is 59.8 Å². The predicted molar refractivity (Wildman–Crippen MR) is 110 cm³/mol. The van der Waals surface area contributed by atoms with E-state index in [9.17, 15) is 13.2 Å². The van der Waals surface area contributed by atoms with E-state index in [0.717, 1.165) is 11.1 Å². The Morgan fingerprint density at radius 3 is 2.59 bits per heavy atom. The Hall–Kier alpha value is -3.13. The van der Waals surface area contributed by atoms with Gasteiger partial charge in [0, 0.05) is 24.4 Å². The van der Waals surface area contributed by atoms with Gasteiger partial charge in [0.05, 0.1) is 16.8 Å². The van der Waals surface area contributed by atoms with E-state index in [2.05, 4.69) is 5.10 Å². The van der Waals surface area contributed by atoms with Crippen molar-refractivity contribution in [2.24, 2.45) is 7.05 Å². The minimum Gasteiger partial charge on any atom is -0.481 e. The summed E-state index contributed by atoms with van der Waals surface area (Å²) in [5.41, 5.74) is 2.99. The van der Waals surface area contributed by atoms with Crippen molar-refractivity contribution in [1.82, 2.24) is 9.78 Å². The molecule has 2 aromatic carbocycles. The summed E-state index contributed by atoms with van der Waals surface area (Å²) < 4.78 is 32.1. The quantitative estimate of drug-likeness (QED) is 0.607. The van der Waals surface area contributed by atoms with Gasteiger partial charge in [-0.15, -0.1) is 0 Å². The van der Waals surface area contributed by atoms with Crippen LogP contribution in [0.5, 0.6) is 5.75 Å². The summed E-state index contributed by atoms with van der Waals surface area (Å²) in [7, 11) is -1.57. The lowest BCUT2D eigenvalue weighted by Gasteiger charge is -2.13. The van der Waals surface area contributed by atoms with Crippen molar-refractivity contribution >= 4 is 15.8 Å². The highest BCUT2D eigenvalue weighted by Crippen LogP contribution is 2.35. The van der Waals surface area contributed by atoms with Crippen molar-refractivity contribution in [1.29, 1.82) is 0 Å². The fourth-order valence-electron chi connectivity index (χ4n) is 3.01. The van der Waals surface area contributed by atoms with E-state index in [4.69, 9.17) is 9.84 Å². The SMILES string of the molecule is CCCS(=O)(=O)c1cccc(-c2cc(-c3cnn(C)c3)ccc2OCC(=O)O)c1. The number of carbonyl (C=O) groups is 1. The summed E-state index contributed by atoms with van der Waals surface area (Å²) in [6.07, 6.45) is 4.11. The summed E-state index contributed by atoms with van der Waals surface area (Å²) in [6, 6.07) is 12.0. The number of carboxylic acid groups (broad SMARTS) is 1. The van der Waals surface area contributed by atoms with Crippen molar-refractivity contribution in [2.45, 2.75) is 18.2 Å². The third-order valence-electron chi connectivity index (χ3n) is 4.35. The molecule has 0 aliphatic heterocycles. The maximum Gasteiger partial charge on any atom is 0.341 e. The lowest BCUT2D eigenvalue weighted by atomic mass is 9.99. The van der Waals surface area contributed by atoms with Crippen LogP contribution in [0, 0.1) is 0 Å². The molecule has 152 valence electrons. The van der Waals surface area contributed by atoms with Crippen LogP contribution in [0.1, 0.15) is 13.3 Å². The number of carboxylic acids is 1. The standard InChI is InChI=1S/C21H22N2O5S/c1-3-9-29(26,27)18-6-4-5-16(10-18)19-11-15(17-12-22-23(2)13-17)7-8-20(19)28-14-21(24)25/h4-8,10-13H,3,9,14H2,1-2H3,(H,24,25). The van der Waals surface area contributed by atoms with Crippen LogP contribution < -0.4 is 4.74 Å². The van der Waals surface area contributed by atoms with Crippen molar-refractivity contribution in [3.8, 4) is 28.0 Å². The molecular weight excluding hydrogens is 392 g/mol. The molecular formula is C21H22N2O5S. The van der Waals surface area contributed by atoms with Gasteiger partial charge in [-0.25, -0.2) is 13.2 Å². The zero-order valence-corrected chi connectivity index (χ0v) is 17.0. The molecule has 0 aliphatic rings. The number of ether oxygens (including phenoxy) is 1. The lowest BCUT2D eigenvalue weighted by Crippen LogP contribution is -2.10. The van der Waals surface area contributed by atoms with Gasteiger partial charge < -0.3 is 9.84 Å². The largest absolute Gasteiger partial charge is 0.481 e. The maximum absolute atomic E-state index is 12.5. The van der Waals surface area contributed by atoms with Gasteiger partial charge in [0.25, 0.3) is 0 Å². The van der Waals surface area contributed by atoms with E-state index in [1.165, 1.54) is 0 Å². The second-order valence-corrected chi connectivity index (χ2v) is 8.75. The predicted octanol–water partition coefficient (Wildman–Crippen LogP) is 3.40. The zero-order chi connectivity index (χ0) is 21.0. The molecule has 0 amide bonds. The molecule has 0 aliphatic carbocycles. The number of aromatic nitrogens is 2. The molecule has 3 rings (SSSR count). The molecule has 0 unspecified atom stereocenters. The minimum atomic E-state index is -3.39. The van der Waals surface area contributed by atoms with Crippen LogP contribution in [0.3, 0.4) is 0 Å². The number of benzene rings is 2. The first kappa shape index (κ1) is 20.6. The summed E-state index contributed by atoms with van der Waals surface area (Å²) in [4.78, 5) is 11.2. The van der Waals surface area contributed by atoms with Crippen molar-refractivity contribution in [2.75, 3.05) is 12.4 Å². The summed E-state index contributed by atoms with van der Waals surface area (Å²) in [5, 5.41) is 13.1. The molecule has 29 heavy (non-hydrogen) atoms. The summed E-state index contributed by atoms with van der Waals surface area (Å²) in [6.45, 7) is 1.32. The molecule has 1 aromatic heterocycles. The van der Waals surface area contributed by atoms with Gasteiger partial charge in [0.1, 0.15) is 5.75 Å². The van der Waals surface area contributed by atoms with Crippen LogP contribution in [0.2, 0.25) is 0 Å². The highest BCUT2D eigenvalue weighted by Gasteiger charge is 2.16. The fraction of sp³-hybridized carbons (Fsp3) is 0.238. The molecule has 1 heterocycles. The van der Waals surface area contributed by atoms with Gasteiger partial charge in [-0.05, 0) is 41.8 Å². The Kier molecular flexibility index (Phi) is 6.03. The molecule has 0 saturated carbocycles. The number of sulfone groups is 1. The van der Waals surface area contributed by atoms with E-state index in [1.54, 1.807) is 41.2 Å². The van der Waals surface area contributed by atoms with Crippen LogP contribution in [0.25, 0.3) is 22.3 Å². The highest BCUT2D eigenvalue weighted by molar-refractivity contribution is 7.91. The van der Waals surface area contributed by atoms with Gasteiger partial charge in [0.2, 0.25) is 0 Å². The number of nitrogens with zero attached hydrogens (tertiary/aromatic N) is 2. The summed E-state index contributed by atoms with van der Waals surface area (Å²) >= 11 is 0. The van der Waals surface area contributed by atoms with E-state index < -0.39 is 22.4 Å². The fourth-order valence-corrected chi connectivity index (χ4v) is 4.38. The Morgan fingerprint density at radius 1 is 1.14 bits per heavy atom. The van der Waals surface area contributed by atoms with E-state index in [-0.39, 0.29) is 10.6 Å². The Labute approximate surface area is 169 Å². The van der Waals surface area contributed by atoms with Gasteiger partial charge in [-0.2, -0.15) is 5.10 Å². The highest BCUT2D eigenvalue weighted by atomic mass is 32.2. The van der Waals surface area contributed by atoms with Gasteiger partial charge in [-0.3, -0.25) is 4.68 Å². The normalized spacial score (nSPS) is 11.4. The third kappa shape index (κ3) is 4.83. The number of aryl methyl sites for hydroxylation is 1. The Bertz CT molecular complexity index is 1140. The second-order valence-electron chi connectivity index (χ2n) is 6.64. The molecule has 0 bridgehead atoms. The molecule has 0 radical (unpaired) electrons. The van der Waals surface area contributed by atoms with Gasteiger partial charge in [0.15, 0.2) is 16.4 Å². The maximum atomic E-state index is 12.5. The lowest BCUT2D eigenvalue weighted by molar-refractivity contribution is -0.139. The number of aliphatic carboxylic acids is 1. The number of rotatable bonds is 8. The summed E-state index contributed by atoms with van der Waals surface area (Å²) in [5.74, 6) is -0.661. The number of hydrogen-bond donors (Lipinski definition) is 1. The number of hydrogen-bond acceptors (Lipinski definition) is 5. The third-order valence-corrected chi connectivity index (χ3v) is 6.26. The van der Waals surface area contributed by atoms with E-state index >= 15 is 0 Å². The van der Waals surface area contributed by atoms with Crippen LogP contribution in [0.4, 0.5) is 0 Å². The molecule has 0 saturated heterocycles. The van der Waals surface area contributed by atoms with Crippen LogP contribution in [-0.4, -0.2) is 41.6 Å². The van der Waals surface area contributed by atoms with E-state index in [0.29, 0.717) is 23.3 Å². The topological polar surface area (TPSA) is 98.5 Å². The van der Waals surface area contributed by atoms with Crippen molar-refractivity contribution < 1.29 is 23.1 Å². The molecule has 3 aromatic rings. The monoisotopic (exact) mass is 414 g/mol. The Morgan fingerprint density at radius 2 is 1.93 bits per heavy atom. The first-order valence-electron chi connectivity index (χ1n) is 9.11. The first-order valence-corrected chi connectivity index (χ1v) is 10.8. The smallest absolute Gasteiger partial charge is 0.341 e. The molecule has 0 atom stereocenters.